The molecular weight excluding hydrogens is 280 g/mol. The maximum atomic E-state index is 6.13. The van der Waals surface area contributed by atoms with Crippen molar-refractivity contribution in [2.45, 2.75) is 25.8 Å². The molecule has 2 nitrogen and oxygen atoms in total. The first-order valence-corrected chi connectivity index (χ1v) is 7.78. The van der Waals surface area contributed by atoms with E-state index in [1.165, 1.54) is 16.7 Å². The molecule has 1 unspecified atom stereocenters. The second kappa shape index (κ2) is 4.88. The van der Waals surface area contributed by atoms with Gasteiger partial charge in [-0.25, -0.2) is 4.99 Å². The molecule has 2 aliphatic heterocycles. The molecule has 0 fully saturated rings. The molecule has 0 N–H and O–H groups in total. The lowest BCUT2D eigenvalue weighted by atomic mass is 9.89. The average Bonchev–Trinajstić information content (AvgIpc) is 2.63. The summed E-state index contributed by atoms with van der Waals surface area (Å²) in [6, 6.07) is 15.3. The molecule has 0 amide bonds. The van der Waals surface area contributed by atoms with Gasteiger partial charge in [0, 0.05) is 11.6 Å². The number of rotatable bonds is 0. The number of nitrogens with zero attached hydrogens (tertiary/aromatic N) is 2. The van der Waals surface area contributed by atoms with Crippen LogP contribution in [0, 0.1) is 0 Å². The van der Waals surface area contributed by atoms with E-state index in [2.05, 4.69) is 42.2 Å². The zero-order valence-corrected chi connectivity index (χ0v) is 12.8. The highest BCUT2D eigenvalue weighted by atomic mass is 35.5. The Morgan fingerprint density at radius 2 is 2.00 bits per heavy atom. The Bertz CT molecular complexity index is 736. The van der Waals surface area contributed by atoms with E-state index in [1.807, 2.05) is 12.1 Å². The normalized spacial score (nSPS) is 20.0. The van der Waals surface area contributed by atoms with Gasteiger partial charge in [-0.3, -0.25) is 0 Å². The van der Waals surface area contributed by atoms with Crippen LogP contribution in [0.15, 0.2) is 47.5 Å². The number of hydrogen-bond acceptors (Lipinski definition) is 2. The van der Waals surface area contributed by atoms with E-state index < -0.39 is 0 Å². The van der Waals surface area contributed by atoms with E-state index in [0.29, 0.717) is 6.04 Å². The fourth-order valence-electron chi connectivity index (χ4n) is 3.52. The summed E-state index contributed by atoms with van der Waals surface area (Å²) < 4.78 is 0. The van der Waals surface area contributed by atoms with Gasteiger partial charge in [-0.2, -0.15) is 0 Å². The number of amidine groups is 1. The van der Waals surface area contributed by atoms with E-state index >= 15 is 0 Å². The van der Waals surface area contributed by atoms with Crippen LogP contribution in [-0.2, 0) is 12.8 Å². The van der Waals surface area contributed by atoms with Gasteiger partial charge < -0.3 is 4.90 Å². The predicted molar refractivity (Wildman–Crippen MR) is 87.5 cm³/mol. The van der Waals surface area contributed by atoms with Crippen LogP contribution in [0.2, 0.25) is 5.02 Å². The smallest absolute Gasteiger partial charge is 0.102 e. The first-order valence-electron chi connectivity index (χ1n) is 7.40. The topological polar surface area (TPSA) is 15.6 Å². The summed E-state index contributed by atoms with van der Waals surface area (Å²) in [5, 5.41) is 0.755. The summed E-state index contributed by atoms with van der Waals surface area (Å²) in [6.45, 7) is 3.15. The summed E-state index contributed by atoms with van der Waals surface area (Å²) in [4.78, 5) is 7.26. The summed E-state index contributed by atoms with van der Waals surface area (Å²) in [5.74, 6) is 1.09. The fourth-order valence-corrected chi connectivity index (χ4v) is 3.69. The van der Waals surface area contributed by atoms with Gasteiger partial charge in [0.05, 0.1) is 11.7 Å². The molecule has 2 aliphatic rings. The van der Waals surface area contributed by atoms with Crippen molar-refractivity contribution < 1.29 is 0 Å². The van der Waals surface area contributed by atoms with Crippen molar-refractivity contribution in [2.75, 3.05) is 6.54 Å². The van der Waals surface area contributed by atoms with Gasteiger partial charge in [0.2, 0.25) is 0 Å². The van der Waals surface area contributed by atoms with Crippen LogP contribution in [0.4, 0.5) is 5.69 Å². The Kier molecular flexibility index (Phi) is 3.00. The molecule has 2 aromatic rings. The molecule has 0 saturated carbocycles. The summed E-state index contributed by atoms with van der Waals surface area (Å²) in [5.41, 5.74) is 5.22. The minimum atomic E-state index is 0.390. The molecule has 0 aliphatic carbocycles. The second-order valence-corrected chi connectivity index (χ2v) is 6.23. The molecule has 0 aromatic heterocycles. The molecule has 0 radical (unpaired) electrons. The van der Waals surface area contributed by atoms with E-state index in [4.69, 9.17) is 16.6 Å². The molecule has 1 atom stereocenters. The second-order valence-electron chi connectivity index (χ2n) is 5.79. The molecule has 21 heavy (non-hydrogen) atoms. The van der Waals surface area contributed by atoms with Gasteiger partial charge in [0.1, 0.15) is 5.84 Å². The van der Waals surface area contributed by atoms with Crippen LogP contribution >= 0.6 is 11.6 Å². The van der Waals surface area contributed by atoms with Crippen molar-refractivity contribution in [2.24, 2.45) is 4.99 Å². The molecule has 4 rings (SSSR count). The number of halogens is 1. The fraction of sp³-hybridized carbons (Fsp3) is 0.278. The van der Waals surface area contributed by atoms with Crippen molar-refractivity contribution >= 4 is 23.1 Å². The Labute approximate surface area is 130 Å². The first-order chi connectivity index (χ1) is 10.2. The highest BCUT2D eigenvalue weighted by Crippen LogP contribution is 2.38. The lowest BCUT2D eigenvalue weighted by Gasteiger charge is -2.37. The number of fused-ring (bicyclic) bond motifs is 4. The van der Waals surface area contributed by atoms with Gasteiger partial charge in [0.25, 0.3) is 0 Å². The lowest BCUT2D eigenvalue weighted by Crippen LogP contribution is -2.39. The maximum absolute atomic E-state index is 6.13. The van der Waals surface area contributed by atoms with Gasteiger partial charge in [0.15, 0.2) is 0 Å². The summed E-state index contributed by atoms with van der Waals surface area (Å²) in [6.07, 6.45) is 2.08. The molecule has 3 heteroatoms. The van der Waals surface area contributed by atoms with Crippen LogP contribution in [-0.4, -0.2) is 17.3 Å². The maximum Gasteiger partial charge on any atom is 0.102 e. The SMILES string of the molecule is CC1=Nc2cc(Cl)ccc2CC2c3ccccc3CCN12. The van der Waals surface area contributed by atoms with Crippen molar-refractivity contribution in [1.82, 2.24) is 4.90 Å². The highest BCUT2D eigenvalue weighted by Gasteiger charge is 2.30. The molecule has 2 aromatic carbocycles. The molecule has 106 valence electrons. The number of benzene rings is 2. The van der Waals surface area contributed by atoms with Gasteiger partial charge in [-0.1, -0.05) is 41.9 Å². The monoisotopic (exact) mass is 296 g/mol. The van der Waals surface area contributed by atoms with Crippen LogP contribution in [0.5, 0.6) is 0 Å². The van der Waals surface area contributed by atoms with Crippen LogP contribution in [0.25, 0.3) is 0 Å². The Morgan fingerprint density at radius 3 is 2.90 bits per heavy atom. The minimum Gasteiger partial charge on any atom is -0.353 e. The summed E-state index contributed by atoms with van der Waals surface area (Å²) in [7, 11) is 0. The molecular formula is C18H17ClN2. The van der Waals surface area contributed by atoms with Gasteiger partial charge in [-0.05, 0) is 48.6 Å². The van der Waals surface area contributed by atoms with Crippen LogP contribution < -0.4 is 0 Å². The third-order valence-electron chi connectivity index (χ3n) is 4.57. The standard InChI is InChI=1S/C18H17ClN2/c1-12-20-17-11-15(19)7-6-14(17)10-18-16-5-3-2-4-13(16)8-9-21(12)18/h2-7,11,18H,8-10H2,1H3. The molecule has 0 saturated heterocycles. The van der Waals surface area contributed by atoms with Crippen LogP contribution in [0.1, 0.15) is 29.7 Å². The third-order valence-corrected chi connectivity index (χ3v) is 4.81. The van der Waals surface area contributed by atoms with E-state index in [-0.39, 0.29) is 0 Å². The largest absolute Gasteiger partial charge is 0.353 e. The Balaban J connectivity index is 1.86. The number of aliphatic imine (C=N–C) groups is 1. The van der Waals surface area contributed by atoms with Crippen molar-refractivity contribution in [3.8, 4) is 0 Å². The van der Waals surface area contributed by atoms with E-state index in [0.717, 1.165) is 35.9 Å². The molecule has 0 spiro atoms. The summed E-state index contributed by atoms with van der Waals surface area (Å²) >= 11 is 6.13. The lowest BCUT2D eigenvalue weighted by molar-refractivity contribution is 0.298. The quantitative estimate of drug-likeness (QED) is 0.696. The zero-order valence-electron chi connectivity index (χ0n) is 12.0. The highest BCUT2D eigenvalue weighted by molar-refractivity contribution is 6.30. The zero-order chi connectivity index (χ0) is 14.4. The van der Waals surface area contributed by atoms with Crippen LogP contribution in [0.3, 0.4) is 0 Å². The van der Waals surface area contributed by atoms with Crippen molar-refractivity contribution in [3.63, 3.8) is 0 Å². The van der Waals surface area contributed by atoms with E-state index in [1.54, 1.807) is 0 Å². The van der Waals surface area contributed by atoms with Gasteiger partial charge >= 0.3 is 0 Å². The minimum absolute atomic E-state index is 0.390. The molecule has 0 bridgehead atoms. The predicted octanol–water partition coefficient (Wildman–Crippen LogP) is 4.55. The van der Waals surface area contributed by atoms with Crippen molar-refractivity contribution in [1.29, 1.82) is 0 Å². The van der Waals surface area contributed by atoms with E-state index in [9.17, 15) is 0 Å². The van der Waals surface area contributed by atoms with Crippen molar-refractivity contribution in [3.05, 3.63) is 64.2 Å². The average molecular weight is 297 g/mol. The van der Waals surface area contributed by atoms with Gasteiger partial charge in [-0.15, -0.1) is 0 Å². The Morgan fingerprint density at radius 1 is 1.14 bits per heavy atom. The Hall–Kier alpha value is -1.80. The number of hydrogen-bond donors (Lipinski definition) is 0. The third kappa shape index (κ3) is 2.14. The molecule has 2 heterocycles. The first kappa shape index (κ1) is 12.9.